The lowest BCUT2D eigenvalue weighted by Gasteiger charge is -2.19. The second-order valence-electron chi connectivity index (χ2n) is 3.38. The third kappa shape index (κ3) is 2.87. The van der Waals surface area contributed by atoms with E-state index in [0.29, 0.717) is 0 Å². The Morgan fingerprint density at radius 1 is 1.31 bits per heavy atom. The summed E-state index contributed by atoms with van der Waals surface area (Å²) in [6.07, 6.45) is -4.20. The molecule has 0 aliphatic carbocycles. The van der Waals surface area contributed by atoms with Crippen LogP contribution in [-0.2, 0) is 6.18 Å². The maximum atomic E-state index is 12.7. The maximum absolute atomic E-state index is 12.7. The van der Waals surface area contributed by atoms with Gasteiger partial charge in [-0.15, -0.1) is 0 Å². The Hall–Kier alpha value is -0.780. The molecule has 0 saturated carbocycles. The van der Waals surface area contributed by atoms with Gasteiger partial charge in [-0.05, 0) is 30.7 Å². The van der Waals surface area contributed by atoms with Gasteiger partial charge in [-0.3, -0.25) is 0 Å². The van der Waals surface area contributed by atoms with Gasteiger partial charge < -0.3 is 11.5 Å². The lowest BCUT2D eigenvalue weighted by molar-refractivity contribution is -0.138. The van der Waals surface area contributed by atoms with Crippen LogP contribution in [0, 0.1) is 0 Å². The molecule has 2 nitrogen and oxygen atoms in total. The minimum absolute atomic E-state index is 0.0239. The fourth-order valence-electron chi connectivity index (χ4n) is 1.48. The first-order valence-corrected chi connectivity index (χ1v) is 5.07. The predicted octanol–water partition coefficient (Wildman–Crippen LogP) is 2.71. The van der Waals surface area contributed by atoms with E-state index in [1.54, 1.807) is 0 Å². The van der Waals surface area contributed by atoms with E-state index < -0.39 is 17.8 Å². The molecule has 0 aliphatic heterocycles. The number of halogens is 4. The van der Waals surface area contributed by atoms with Crippen molar-refractivity contribution < 1.29 is 13.2 Å². The molecule has 0 spiro atoms. The largest absolute Gasteiger partial charge is 0.416 e. The van der Waals surface area contributed by atoms with Crippen LogP contribution >= 0.6 is 11.6 Å². The molecule has 1 rings (SSSR count). The van der Waals surface area contributed by atoms with Crippen LogP contribution in [0.5, 0.6) is 0 Å². The molecule has 16 heavy (non-hydrogen) atoms. The third-order valence-corrected chi connectivity index (χ3v) is 2.54. The van der Waals surface area contributed by atoms with E-state index in [4.69, 9.17) is 23.1 Å². The summed E-state index contributed by atoms with van der Waals surface area (Å²) in [7, 11) is 0. The Morgan fingerprint density at radius 2 is 1.94 bits per heavy atom. The molecule has 6 heteroatoms. The molecule has 1 aromatic rings. The summed E-state index contributed by atoms with van der Waals surface area (Å²) < 4.78 is 38.1. The smallest absolute Gasteiger partial charge is 0.330 e. The van der Waals surface area contributed by atoms with E-state index in [0.717, 1.165) is 6.07 Å². The first kappa shape index (κ1) is 13.3. The van der Waals surface area contributed by atoms with Crippen LogP contribution in [0.2, 0.25) is 5.02 Å². The van der Waals surface area contributed by atoms with E-state index in [9.17, 15) is 13.2 Å². The van der Waals surface area contributed by atoms with Crippen molar-refractivity contribution in [2.45, 2.75) is 18.6 Å². The number of hydrogen-bond acceptors (Lipinski definition) is 2. The summed E-state index contributed by atoms with van der Waals surface area (Å²) in [4.78, 5) is 0. The number of hydrogen-bond donors (Lipinski definition) is 2. The maximum Gasteiger partial charge on any atom is 0.416 e. The Morgan fingerprint density at radius 3 is 2.44 bits per heavy atom. The minimum atomic E-state index is -4.45. The molecule has 4 N–H and O–H groups in total. The highest BCUT2D eigenvalue weighted by atomic mass is 35.5. The molecule has 0 unspecified atom stereocenters. The fourth-order valence-corrected chi connectivity index (χ4v) is 1.80. The van der Waals surface area contributed by atoms with Gasteiger partial charge in [-0.25, -0.2) is 0 Å². The van der Waals surface area contributed by atoms with Gasteiger partial charge in [0.25, 0.3) is 0 Å². The molecule has 0 saturated heterocycles. The minimum Gasteiger partial charge on any atom is -0.330 e. The van der Waals surface area contributed by atoms with Gasteiger partial charge in [0, 0.05) is 11.1 Å². The van der Waals surface area contributed by atoms with Crippen LogP contribution in [0.3, 0.4) is 0 Å². The summed E-state index contributed by atoms with van der Waals surface area (Å²) in [6.45, 7) is 0.212. The summed E-state index contributed by atoms with van der Waals surface area (Å²) in [5.41, 5.74) is 10.0. The second kappa shape index (κ2) is 5.03. The Labute approximate surface area is 96.4 Å². The van der Waals surface area contributed by atoms with Crippen molar-refractivity contribution in [2.24, 2.45) is 11.5 Å². The first-order valence-electron chi connectivity index (χ1n) is 4.69. The molecular weight excluding hydrogens is 241 g/mol. The topological polar surface area (TPSA) is 52.0 Å². The van der Waals surface area contributed by atoms with Crippen LogP contribution in [0.4, 0.5) is 13.2 Å². The van der Waals surface area contributed by atoms with Gasteiger partial charge in [-0.2, -0.15) is 13.2 Å². The monoisotopic (exact) mass is 252 g/mol. The Bertz CT molecular complexity index is 366. The van der Waals surface area contributed by atoms with E-state index in [2.05, 4.69) is 0 Å². The SMILES string of the molecule is NCC[C@H](N)c1c(Cl)cccc1C(F)(F)F. The van der Waals surface area contributed by atoms with Crippen molar-refractivity contribution in [3.05, 3.63) is 34.3 Å². The van der Waals surface area contributed by atoms with E-state index in [1.807, 2.05) is 0 Å². The Balaban J connectivity index is 3.24. The summed E-state index contributed by atoms with van der Waals surface area (Å²) in [6, 6.07) is 2.82. The standard InChI is InChI=1S/C10H12ClF3N2/c11-7-3-1-2-6(10(12,13)14)9(7)8(16)4-5-15/h1-3,8H,4-5,15-16H2/t8-/m0/s1. The zero-order valence-corrected chi connectivity index (χ0v) is 9.15. The number of benzene rings is 1. The van der Waals surface area contributed by atoms with E-state index >= 15 is 0 Å². The average molecular weight is 253 g/mol. The molecule has 0 heterocycles. The number of nitrogens with two attached hydrogens (primary N) is 2. The highest BCUT2D eigenvalue weighted by molar-refractivity contribution is 6.31. The van der Waals surface area contributed by atoms with Crippen molar-refractivity contribution in [3.63, 3.8) is 0 Å². The third-order valence-electron chi connectivity index (χ3n) is 2.21. The van der Waals surface area contributed by atoms with E-state index in [-0.39, 0.29) is 23.6 Å². The highest BCUT2D eigenvalue weighted by Gasteiger charge is 2.35. The second-order valence-corrected chi connectivity index (χ2v) is 3.79. The zero-order chi connectivity index (χ0) is 12.3. The quantitative estimate of drug-likeness (QED) is 0.869. The van der Waals surface area contributed by atoms with Crippen molar-refractivity contribution in [1.82, 2.24) is 0 Å². The number of alkyl halides is 3. The Kier molecular flexibility index (Phi) is 4.18. The van der Waals surface area contributed by atoms with Crippen LogP contribution in [-0.4, -0.2) is 6.54 Å². The zero-order valence-electron chi connectivity index (χ0n) is 8.39. The molecule has 0 aliphatic rings. The molecule has 0 bridgehead atoms. The van der Waals surface area contributed by atoms with E-state index in [1.165, 1.54) is 12.1 Å². The van der Waals surface area contributed by atoms with Gasteiger partial charge in [0.15, 0.2) is 0 Å². The van der Waals surface area contributed by atoms with Crippen LogP contribution < -0.4 is 11.5 Å². The lowest BCUT2D eigenvalue weighted by Crippen LogP contribution is -2.20. The van der Waals surface area contributed by atoms with Crippen molar-refractivity contribution in [2.75, 3.05) is 6.54 Å². The molecule has 0 radical (unpaired) electrons. The van der Waals surface area contributed by atoms with Crippen LogP contribution in [0.1, 0.15) is 23.6 Å². The fraction of sp³-hybridized carbons (Fsp3) is 0.400. The van der Waals surface area contributed by atoms with Crippen molar-refractivity contribution in [1.29, 1.82) is 0 Å². The van der Waals surface area contributed by atoms with Gasteiger partial charge in [-0.1, -0.05) is 17.7 Å². The molecule has 0 aromatic heterocycles. The first-order chi connectivity index (χ1) is 7.38. The average Bonchev–Trinajstić information content (AvgIpc) is 2.16. The molecule has 1 atom stereocenters. The van der Waals surface area contributed by atoms with Gasteiger partial charge in [0.1, 0.15) is 0 Å². The summed E-state index contributed by atoms with van der Waals surface area (Å²) in [5.74, 6) is 0. The molecule has 0 amide bonds. The number of rotatable bonds is 3. The molecule has 1 aromatic carbocycles. The molecular formula is C10H12ClF3N2. The van der Waals surface area contributed by atoms with Crippen LogP contribution in [0.15, 0.2) is 18.2 Å². The molecule has 0 fully saturated rings. The predicted molar refractivity (Wildman–Crippen MR) is 57.1 cm³/mol. The van der Waals surface area contributed by atoms with Gasteiger partial charge in [0.2, 0.25) is 0 Å². The summed E-state index contributed by atoms with van der Waals surface area (Å²) in [5, 5.41) is 0.0239. The molecule has 90 valence electrons. The van der Waals surface area contributed by atoms with Gasteiger partial charge in [0.05, 0.1) is 5.56 Å². The summed E-state index contributed by atoms with van der Waals surface area (Å²) >= 11 is 5.75. The highest BCUT2D eigenvalue weighted by Crippen LogP contribution is 2.37. The van der Waals surface area contributed by atoms with Gasteiger partial charge >= 0.3 is 6.18 Å². The normalized spacial score (nSPS) is 13.9. The van der Waals surface area contributed by atoms with Crippen LogP contribution in [0.25, 0.3) is 0 Å². The lowest BCUT2D eigenvalue weighted by atomic mass is 9.98. The van der Waals surface area contributed by atoms with Crippen molar-refractivity contribution >= 4 is 11.6 Å². The van der Waals surface area contributed by atoms with Crippen molar-refractivity contribution in [3.8, 4) is 0 Å².